The van der Waals surface area contributed by atoms with Crippen LogP contribution >= 0.6 is 11.6 Å². The van der Waals surface area contributed by atoms with E-state index in [4.69, 9.17) is 21.6 Å². The number of fused-ring (bicyclic) bond motifs is 1. The number of anilines is 1. The molecule has 0 atom stereocenters. The molecular formula is C19H18ClN3. The summed E-state index contributed by atoms with van der Waals surface area (Å²) in [7, 11) is 0. The zero-order chi connectivity index (χ0) is 15.8. The molecule has 0 amide bonds. The molecule has 0 spiro atoms. The first-order valence-corrected chi connectivity index (χ1v) is 8.38. The van der Waals surface area contributed by atoms with E-state index in [2.05, 4.69) is 36.1 Å². The Hall–Kier alpha value is -2.13. The fourth-order valence-electron chi connectivity index (χ4n) is 3.09. The molecule has 0 saturated carbocycles. The molecule has 3 nitrogen and oxygen atoms in total. The average molecular weight is 324 g/mol. The van der Waals surface area contributed by atoms with Gasteiger partial charge in [0.05, 0.1) is 5.52 Å². The lowest BCUT2D eigenvalue weighted by Gasteiger charge is -2.19. The topological polar surface area (TPSA) is 29.0 Å². The fraction of sp³-hybridized carbons (Fsp3) is 0.263. The Bertz CT molecular complexity index is 852. The summed E-state index contributed by atoms with van der Waals surface area (Å²) < 4.78 is 0. The maximum absolute atomic E-state index is 6.18. The molecule has 4 rings (SSSR count). The van der Waals surface area contributed by atoms with Crippen molar-refractivity contribution in [1.29, 1.82) is 0 Å². The number of nitrogens with zero attached hydrogens (tertiary/aromatic N) is 3. The van der Waals surface area contributed by atoms with E-state index in [0.717, 1.165) is 41.2 Å². The molecule has 1 aromatic heterocycles. The van der Waals surface area contributed by atoms with Crippen LogP contribution in [-0.4, -0.2) is 23.1 Å². The van der Waals surface area contributed by atoms with E-state index in [1.807, 2.05) is 18.2 Å². The Balaban J connectivity index is 1.92. The highest BCUT2D eigenvalue weighted by Gasteiger charge is 2.18. The number of benzene rings is 2. The highest BCUT2D eigenvalue weighted by atomic mass is 35.5. The van der Waals surface area contributed by atoms with Crippen LogP contribution in [0.1, 0.15) is 18.4 Å². The van der Waals surface area contributed by atoms with Gasteiger partial charge in [0, 0.05) is 29.1 Å². The molecule has 2 aromatic carbocycles. The number of halogens is 1. The van der Waals surface area contributed by atoms with Gasteiger partial charge in [-0.1, -0.05) is 41.4 Å². The van der Waals surface area contributed by atoms with Crippen molar-refractivity contribution >= 4 is 28.3 Å². The van der Waals surface area contributed by atoms with Crippen molar-refractivity contribution in [1.82, 2.24) is 9.97 Å². The Morgan fingerprint density at radius 1 is 0.957 bits per heavy atom. The lowest BCUT2D eigenvalue weighted by atomic mass is 10.1. The number of aryl methyl sites for hydroxylation is 1. The molecule has 0 N–H and O–H groups in total. The molecule has 0 unspecified atom stereocenters. The molecule has 23 heavy (non-hydrogen) atoms. The minimum absolute atomic E-state index is 0.707. The van der Waals surface area contributed by atoms with Gasteiger partial charge in [0.25, 0.3) is 0 Å². The first-order valence-electron chi connectivity index (χ1n) is 8.00. The fourth-order valence-corrected chi connectivity index (χ4v) is 3.25. The first kappa shape index (κ1) is 14.5. The summed E-state index contributed by atoms with van der Waals surface area (Å²) in [4.78, 5) is 12.0. The van der Waals surface area contributed by atoms with Gasteiger partial charge < -0.3 is 4.90 Å². The summed E-state index contributed by atoms with van der Waals surface area (Å²) >= 11 is 6.18. The summed E-state index contributed by atoms with van der Waals surface area (Å²) in [6.45, 7) is 4.20. The van der Waals surface area contributed by atoms with Gasteiger partial charge in [-0.2, -0.15) is 0 Å². The molecule has 0 bridgehead atoms. The third kappa shape index (κ3) is 2.77. The molecule has 0 radical (unpaired) electrons. The van der Waals surface area contributed by atoms with Gasteiger partial charge in [0.1, 0.15) is 5.82 Å². The Labute approximate surface area is 140 Å². The van der Waals surface area contributed by atoms with Gasteiger partial charge in [-0.25, -0.2) is 9.97 Å². The predicted octanol–water partition coefficient (Wildman–Crippen LogP) is 4.86. The molecule has 3 aromatic rings. The van der Waals surface area contributed by atoms with E-state index in [0.29, 0.717) is 5.02 Å². The quantitative estimate of drug-likeness (QED) is 0.674. The second-order valence-corrected chi connectivity index (χ2v) is 6.53. The maximum atomic E-state index is 6.18. The molecule has 1 aliphatic heterocycles. The van der Waals surface area contributed by atoms with Crippen LogP contribution < -0.4 is 4.90 Å². The third-order valence-corrected chi connectivity index (χ3v) is 4.59. The molecule has 4 heteroatoms. The molecule has 116 valence electrons. The van der Waals surface area contributed by atoms with Gasteiger partial charge in [-0.3, -0.25) is 0 Å². The standard InChI is InChI=1S/C19H18ClN3/c1-13-4-6-14(7-5-13)18-21-17-12-15(20)8-9-16(17)19(22-18)23-10-2-3-11-23/h4-9,12H,2-3,10-11H2,1H3. The lowest BCUT2D eigenvalue weighted by molar-refractivity contribution is 0.941. The van der Waals surface area contributed by atoms with Crippen molar-refractivity contribution in [2.45, 2.75) is 19.8 Å². The molecule has 1 aliphatic rings. The summed E-state index contributed by atoms with van der Waals surface area (Å²) in [6, 6.07) is 14.2. The van der Waals surface area contributed by atoms with Crippen LogP contribution in [0.4, 0.5) is 5.82 Å². The van der Waals surface area contributed by atoms with Crippen LogP contribution in [0, 0.1) is 6.92 Å². The van der Waals surface area contributed by atoms with Gasteiger partial charge in [-0.15, -0.1) is 0 Å². The smallest absolute Gasteiger partial charge is 0.162 e. The summed E-state index contributed by atoms with van der Waals surface area (Å²) in [5, 5.41) is 1.78. The average Bonchev–Trinajstić information content (AvgIpc) is 3.08. The van der Waals surface area contributed by atoms with Crippen molar-refractivity contribution in [2.24, 2.45) is 0 Å². The largest absolute Gasteiger partial charge is 0.356 e. The van der Waals surface area contributed by atoms with E-state index in [1.165, 1.54) is 18.4 Å². The number of hydrogen-bond donors (Lipinski definition) is 0. The van der Waals surface area contributed by atoms with Crippen molar-refractivity contribution in [3.8, 4) is 11.4 Å². The van der Waals surface area contributed by atoms with E-state index >= 15 is 0 Å². The van der Waals surface area contributed by atoms with Crippen molar-refractivity contribution in [3.05, 3.63) is 53.1 Å². The summed E-state index contributed by atoms with van der Waals surface area (Å²) in [5.41, 5.74) is 3.18. The monoisotopic (exact) mass is 323 g/mol. The summed E-state index contributed by atoms with van der Waals surface area (Å²) in [6.07, 6.45) is 2.44. The second-order valence-electron chi connectivity index (χ2n) is 6.09. The predicted molar refractivity (Wildman–Crippen MR) is 96.2 cm³/mol. The van der Waals surface area contributed by atoms with Crippen LogP contribution in [0.2, 0.25) is 5.02 Å². The lowest BCUT2D eigenvalue weighted by Crippen LogP contribution is -2.20. The van der Waals surface area contributed by atoms with Crippen molar-refractivity contribution in [3.63, 3.8) is 0 Å². The van der Waals surface area contributed by atoms with Crippen LogP contribution in [0.3, 0.4) is 0 Å². The number of hydrogen-bond acceptors (Lipinski definition) is 3. The molecule has 1 saturated heterocycles. The van der Waals surface area contributed by atoms with Gasteiger partial charge >= 0.3 is 0 Å². The van der Waals surface area contributed by atoms with E-state index in [9.17, 15) is 0 Å². The van der Waals surface area contributed by atoms with Crippen molar-refractivity contribution < 1.29 is 0 Å². The second kappa shape index (κ2) is 5.82. The van der Waals surface area contributed by atoms with E-state index in [1.54, 1.807) is 0 Å². The van der Waals surface area contributed by atoms with Crippen LogP contribution in [0.5, 0.6) is 0 Å². The third-order valence-electron chi connectivity index (χ3n) is 4.35. The first-order chi connectivity index (χ1) is 11.2. The molecule has 2 heterocycles. The highest BCUT2D eigenvalue weighted by molar-refractivity contribution is 6.31. The van der Waals surface area contributed by atoms with Crippen LogP contribution in [0.15, 0.2) is 42.5 Å². The zero-order valence-electron chi connectivity index (χ0n) is 13.1. The number of rotatable bonds is 2. The van der Waals surface area contributed by atoms with Gasteiger partial charge in [0.15, 0.2) is 5.82 Å². The van der Waals surface area contributed by atoms with Crippen molar-refractivity contribution in [2.75, 3.05) is 18.0 Å². The Kier molecular flexibility index (Phi) is 3.66. The summed E-state index contributed by atoms with van der Waals surface area (Å²) in [5.74, 6) is 1.79. The van der Waals surface area contributed by atoms with Crippen LogP contribution in [0.25, 0.3) is 22.3 Å². The zero-order valence-corrected chi connectivity index (χ0v) is 13.8. The Morgan fingerprint density at radius 3 is 2.43 bits per heavy atom. The molecule has 0 aliphatic carbocycles. The normalized spacial score (nSPS) is 14.6. The van der Waals surface area contributed by atoms with Gasteiger partial charge in [0.2, 0.25) is 0 Å². The molecular weight excluding hydrogens is 306 g/mol. The molecule has 1 fully saturated rings. The van der Waals surface area contributed by atoms with E-state index < -0.39 is 0 Å². The Morgan fingerprint density at radius 2 is 1.70 bits per heavy atom. The highest BCUT2D eigenvalue weighted by Crippen LogP contribution is 2.31. The van der Waals surface area contributed by atoms with E-state index in [-0.39, 0.29) is 0 Å². The van der Waals surface area contributed by atoms with Gasteiger partial charge in [-0.05, 0) is 38.0 Å². The van der Waals surface area contributed by atoms with Crippen LogP contribution in [-0.2, 0) is 0 Å². The minimum Gasteiger partial charge on any atom is -0.356 e. The maximum Gasteiger partial charge on any atom is 0.162 e. The SMILES string of the molecule is Cc1ccc(-c2nc(N3CCCC3)c3ccc(Cl)cc3n2)cc1. The number of aromatic nitrogens is 2. The minimum atomic E-state index is 0.707.